The highest BCUT2D eigenvalue weighted by Crippen LogP contribution is 2.28. The van der Waals surface area contributed by atoms with Crippen LogP contribution >= 0.6 is 43.2 Å². The lowest BCUT2D eigenvalue weighted by atomic mass is 9.95. The number of hydrogen-bond acceptors (Lipinski definition) is 2. The normalized spacial score (nSPS) is 12.5. The third kappa shape index (κ3) is 5.51. The first kappa shape index (κ1) is 17.2. The molecule has 1 heterocycles. The quantitative estimate of drug-likeness (QED) is 0.531. The number of benzene rings is 1. The predicted molar refractivity (Wildman–Crippen MR) is 100 cm³/mol. The SMILES string of the molecule is CCCNCC(Cc1ccccc1Br)Cc1sccc1Br. The van der Waals surface area contributed by atoms with Crippen molar-refractivity contribution in [1.29, 1.82) is 0 Å². The van der Waals surface area contributed by atoms with E-state index in [1.165, 1.54) is 25.8 Å². The monoisotopic (exact) mass is 429 g/mol. The minimum atomic E-state index is 0.616. The lowest BCUT2D eigenvalue weighted by Crippen LogP contribution is -2.26. The summed E-state index contributed by atoms with van der Waals surface area (Å²) in [5.41, 5.74) is 1.40. The Kier molecular flexibility index (Phi) is 7.44. The molecule has 0 aliphatic carbocycles. The van der Waals surface area contributed by atoms with Crippen LogP contribution in [0.3, 0.4) is 0 Å². The van der Waals surface area contributed by atoms with Gasteiger partial charge in [0.2, 0.25) is 0 Å². The highest BCUT2D eigenvalue weighted by atomic mass is 79.9. The number of rotatable bonds is 8. The molecule has 0 aliphatic heterocycles. The third-order valence-electron chi connectivity index (χ3n) is 3.49. The molecule has 0 aliphatic rings. The molecule has 0 radical (unpaired) electrons. The van der Waals surface area contributed by atoms with Gasteiger partial charge in [-0.05, 0) is 77.3 Å². The van der Waals surface area contributed by atoms with Gasteiger partial charge in [-0.1, -0.05) is 41.1 Å². The molecule has 21 heavy (non-hydrogen) atoms. The Labute approximate surface area is 148 Å². The highest BCUT2D eigenvalue weighted by molar-refractivity contribution is 9.10. The van der Waals surface area contributed by atoms with Crippen molar-refractivity contribution in [3.63, 3.8) is 0 Å². The first-order valence-electron chi connectivity index (χ1n) is 7.36. The first-order valence-corrected chi connectivity index (χ1v) is 9.83. The summed E-state index contributed by atoms with van der Waals surface area (Å²) >= 11 is 9.17. The minimum Gasteiger partial charge on any atom is -0.316 e. The van der Waals surface area contributed by atoms with Crippen LogP contribution in [-0.4, -0.2) is 13.1 Å². The summed E-state index contributed by atoms with van der Waals surface area (Å²) < 4.78 is 2.47. The molecule has 4 heteroatoms. The highest BCUT2D eigenvalue weighted by Gasteiger charge is 2.14. The zero-order valence-corrected chi connectivity index (χ0v) is 16.2. The molecule has 1 aromatic heterocycles. The smallest absolute Gasteiger partial charge is 0.0314 e. The van der Waals surface area contributed by atoms with E-state index in [9.17, 15) is 0 Å². The van der Waals surface area contributed by atoms with E-state index in [0.717, 1.165) is 25.9 Å². The van der Waals surface area contributed by atoms with E-state index in [-0.39, 0.29) is 0 Å². The van der Waals surface area contributed by atoms with Crippen molar-refractivity contribution in [2.24, 2.45) is 5.92 Å². The largest absolute Gasteiger partial charge is 0.316 e. The van der Waals surface area contributed by atoms with Crippen LogP contribution in [0.15, 0.2) is 44.7 Å². The van der Waals surface area contributed by atoms with Gasteiger partial charge in [-0.15, -0.1) is 11.3 Å². The van der Waals surface area contributed by atoms with Crippen LogP contribution in [0.1, 0.15) is 23.8 Å². The lowest BCUT2D eigenvalue weighted by molar-refractivity contribution is 0.472. The number of halogens is 2. The molecule has 1 aromatic carbocycles. The Hall–Kier alpha value is -0.160. The average Bonchev–Trinajstić information content (AvgIpc) is 2.87. The van der Waals surface area contributed by atoms with E-state index >= 15 is 0 Å². The topological polar surface area (TPSA) is 12.0 Å². The summed E-state index contributed by atoms with van der Waals surface area (Å²) in [7, 11) is 0. The second-order valence-corrected chi connectivity index (χ2v) is 7.97. The van der Waals surface area contributed by atoms with Gasteiger partial charge < -0.3 is 5.32 Å². The van der Waals surface area contributed by atoms with Crippen LogP contribution < -0.4 is 5.32 Å². The molecule has 1 atom stereocenters. The summed E-state index contributed by atoms with van der Waals surface area (Å²) in [5, 5.41) is 5.74. The third-order valence-corrected chi connectivity index (χ3v) is 6.21. The van der Waals surface area contributed by atoms with Crippen LogP contribution in [0.4, 0.5) is 0 Å². The van der Waals surface area contributed by atoms with Crippen LogP contribution in [0.2, 0.25) is 0 Å². The van der Waals surface area contributed by atoms with Crippen molar-refractivity contribution in [2.45, 2.75) is 26.2 Å². The lowest BCUT2D eigenvalue weighted by Gasteiger charge is -2.18. The van der Waals surface area contributed by atoms with Gasteiger partial charge in [-0.3, -0.25) is 0 Å². The molecule has 0 amide bonds. The Morgan fingerprint density at radius 2 is 1.90 bits per heavy atom. The summed E-state index contributed by atoms with van der Waals surface area (Å²) in [6.07, 6.45) is 3.41. The van der Waals surface area contributed by atoms with Crippen molar-refractivity contribution < 1.29 is 0 Å². The van der Waals surface area contributed by atoms with Crippen LogP contribution in [0.25, 0.3) is 0 Å². The zero-order chi connectivity index (χ0) is 15.1. The molecule has 0 saturated carbocycles. The molecular weight excluding hydrogens is 410 g/mol. The van der Waals surface area contributed by atoms with Gasteiger partial charge in [0.25, 0.3) is 0 Å². The van der Waals surface area contributed by atoms with E-state index in [2.05, 4.69) is 79.8 Å². The molecule has 0 saturated heterocycles. The standard InChI is InChI=1S/C17H21Br2NS/c1-2-8-20-12-13(11-17-16(19)7-9-21-17)10-14-5-3-4-6-15(14)18/h3-7,9,13,20H,2,8,10-12H2,1H3. The molecule has 1 unspecified atom stereocenters. The van der Waals surface area contributed by atoms with E-state index < -0.39 is 0 Å². The maximum absolute atomic E-state index is 3.67. The van der Waals surface area contributed by atoms with Crippen molar-refractivity contribution in [3.05, 3.63) is 55.1 Å². The van der Waals surface area contributed by atoms with Crippen molar-refractivity contribution >= 4 is 43.2 Å². The predicted octanol–water partition coefficient (Wildman–Crippen LogP) is 5.67. The Morgan fingerprint density at radius 3 is 2.57 bits per heavy atom. The van der Waals surface area contributed by atoms with Crippen LogP contribution in [0, 0.1) is 5.92 Å². The molecule has 114 valence electrons. The molecule has 2 rings (SSSR count). The number of nitrogens with one attached hydrogen (secondary N) is 1. The number of thiophene rings is 1. The van der Waals surface area contributed by atoms with Crippen molar-refractivity contribution in [2.75, 3.05) is 13.1 Å². The van der Waals surface area contributed by atoms with E-state index in [1.807, 2.05) is 11.3 Å². The van der Waals surface area contributed by atoms with Crippen molar-refractivity contribution in [3.8, 4) is 0 Å². The Morgan fingerprint density at radius 1 is 1.10 bits per heavy atom. The average molecular weight is 431 g/mol. The molecule has 0 fully saturated rings. The molecule has 2 aromatic rings. The van der Waals surface area contributed by atoms with Crippen molar-refractivity contribution in [1.82, 2.24) is 5.32 Å². The fourth-order valence-corrected chi connectivity index (χ4v) is 4.48. The van der Waals surface area contributed by atoms with Gasteiger partial charge in [0.15, 0.2) is 0 Å². The fraction of sp³-hybridized carbons (Fsp3) is 0.412. The maximum atomic E-state index is 3.67. The molecular formula is C17H21Br2NS. The summed E-state index contributed by atoms with van der Waals surface area (Å²) in [5.74, 6) is 0.616. The van der Waals surface area contributed by atoms with Gasteiger partial charge in [0, 0.05) is 13.8 Å². The molecule has 0 spiro atoms. The second-order valence-electron chi connectivity index (χ2n) is 5.26. The molecule has 1 N–H and O–H groups in total. The summed E-state index contributed by atoms with van der Waals surface area (Å²) in [6, 6.07) is 10.7. The Balaban J connectivity index is 2.04. The Bertz CT molecular complexity index is 553. The zero-order valence-electron chi connectivity index (χ0n) is 12.2. The van der Waals surface area contributed by atoms with Gasteiger partial charge in [-0.25, -0.2) is 0 Å². The fourth-order valence-electron chi connectivity index (χ4n) is 2.41. The van der Waals surface area contributed by atoms with E-state index in [4.69, 9.17) is 0 Å². The maximum Gasteiger partial charge on any atom is 0.0314 e. The summed E-state index contributed by atoms with van der Waals surface area (Å²) in [6.45, 7) is 4.38. The van der Waals surface area contributed by atoms with E-state index in [1.54, 1.807) is 0 Å². The molecule has 0 bridgehead atoms. The second kappa shape index (κ2) is 9.09. The van der Waals surface area contributed by atoms with Gasteiger partial charge in [0.05, 0.1) is 0 Å². The first-order chi connectivity index (χ1) is 10.2. The number of hydrogen-bond donors (Lipinski definition) is 1. The minimum absolute atomic E-state index is 0.616. The molecule has 1 nitrogen and oxygen atoms in total. The van der Waals surface area contributed by atoms with Gasteiger partial charge >= 0.3 is 0 Å². The van der Waals surface area contributed by atoms with E-state index in [0.29, 0.717) is 5.92 Å². The van der Waals surface area contributed by atoms with Gasteiger partial charge in [0.1, 0.15) is 0 Å². The summed E-state index contributed by atoms with van der Waals surface area (Å²) in [4.78, 5) is 1.45. The van der Waals surface area contributed by atoms with Gasteiger partial charge in [-0.2, -0.15) is 0 Å². The van der Waals surface area contributed by atoms with Crippen LogP contribution in [0.5, 0.6) is 0 Å². The van der Waals surface area contributed by atoms with Crippen LogP contribution in [-0.2, 0) is 12.8 Å².